The van der Waals surface area contributed by atoms with Gasteiger partial charge in [0.25, 0.3) is 15.9 Å². The lowest BCUT2D eigenvalue weighted by atomic mass is 10.0. The van der Waals surface area contributed by atoms with E-state index in [2.05, 4.69) is 9.71 Å². The highest BCUT2D eigenvalue weighted by Gasteiger charge is 2.33. The van der Waals surface area contributed by atoms with Gasteiger partial charge in [0.05, 0.1) is 11.3 Å². The molecule has 0 radical (unpaired) electrons. The first kappa shape index (κ1) is 18.0. The Labute approximate surface area is 142 Å². The summed E-state index contributed by atoms with van der Waals surface area (Å²) in [6, 6.07) is 0.0542. The fourth-order valence-electron chi connectivity index (χ4n) is 3.15. The van der Waals surface area contributed by atoms with Crippen molar-refractivity contribution in [1.82, 2.24) is 10.2 Å². The second-order valence-corrected chi connectivity index (χ2v) is 7.58. The first-order valence-corrected chi connectivity index (χ1v) is 9.10. The molecule has 1 fully saturated rings. The normalized spacial score (nSPS) is 28.3. The molecule has 1 amide bonds. The van der Waals surface area contributed by atoms with Crippen LogP contribution in [0.25, 0.3) is 0 Å². The molecule has 9 heteroatoms. The monoisotopic (exact) mass is 360 g/mol. The van der Waals surface area contributed by atoms with Crippen molar-refractivity contribution in [2.75, 3.05) is 18.8 Å². The van der Waals surface area contributed by atoms with Crippen molar-refractivity contribution in [3.05, 3.63) is 23.9 Å². The standard InChI is InChI=1S/C14H20N4O3S.ClH/c15-9-10-3-1-5-12(10)16-14(19)11-4-2-6-18-7-8-22(20,21)17-13(11)18;/h2,4,6,10,12H,1,3,5,7-9,15H2,(H,16,19);1H. The predicted molar refractivity (Wildman–Crippen MR) is 90.7 cm³/mol. The molecular formula is C14H21ClN4O3S. The molecule has 2 atom stereocenters. The summed E-state index contributed by atoms with van der Waals surface area (Å²) in [5, 5.41) is 2.99. The summed E-state index contributed by atoms with van der Waals surface area (Å²) in [6.07, 6.45) is 8.06. The molecule has 0 aromatic heterocycles. The van der Waals surface area contributed by atoms with Crippen molar-refractivity contribution in [2.45, 2.75) is 25.3 Å². The molecule has 2 heterocycles. The Bertz CT molecular complexity index is 672. The lowest BCUT2D eigenvalue weighted by molar-refractivity contribution is -0.117. The molecule has 0 spiro atoms. The Morgan fingerprint density at radius 1 is 1.43 bits per heavy atom. The molecule has 2 aliphatic heterocycles. The first-order chi connectivity index (χ1) is 10.5. The van der Waals surface area contributed by atoms with Crippen LogP contribution in [0.4, 0.5) is 0 Å². The van der Waals surface area contributed by atoms with E-state index >= 15 is 0 Å². The molecule has 3 aliphatic rings. The number of amidine groups is 1. The number of amides is 1. The summed E-state index contributed by atoms with van der Waals surface area (Å²) >= 11 is 0. The van der Waals surface area contributed by atoms with Crippen molar-refractivity contribution in [3.63, 3.8) is 0 Å². The number of hydrogen-bond donors (Lipinski definition) is 2. The Morgan fingerprint density at radius 3 is 2.96 bits per heavy atom. The predicted octanol–water partition coefficient (Wildman–Crippen LogP) is 0.149. The first-order valence-electron chi connectivity index (χ1n) is 7.49. The number of hydrogen-bond acceptors (Lipinski definition) is 5. The van der Waals surface area contributed by atoms with E-state index in [1.54, 1.807) is 23.3 Å². The van der Waals surface area contributed by atoms with Gasteiger partial charge in [0.1, 0.15) is 0 Å². The van der Waals surface area contributed by atoms with Gasteiger partial charge in [-0.25, -0.2) is 8.42 Å². The second kappa shape index (κ2) is 7.02. The third-order valence-electron chi connectivity index (χ3n) is 4.38. The highest BCUT2D eigenvalue weighted by molar-refractivity contribution is 7.90. The van der Waals surface area contributed by atoms with E-state index in [1.807, 2.05) is 0 Å². The Balaban J connectivity index is 0.00000192. The molecule has 7 nitrogen and oxygen atoms in total. The largest absolute Gasteiger partial charge is 0.349 e. The van der Waals surface area contributed by atoms with E-state index in [4.69, 9.17) is 5.73 Å². The van der Waals surface area contributed by atoms with E-state index < -0.39 is 10.0 Å². The van der Waals surface area contributed by atoms with Crippen LogP contribution in [0.5, 0.6) is 0 Å². The van der Waals surface area contributed by atoms with Crippen LogP contribution in [0.1, 0.15) is 19.3 Å². The van der Waals surface area contributed by atoms with Gasteiger partial charge in [-0.2, -0.15) is 0 Å². The maximum absolute atomic E-state index is 12.5. The van der Waals surface area contributed by atoms with Gasteiger partial charge in [-0.05, 0) is 37.5 Å². The molecule has 0 bridgehead atoms. The Morgan fingerprint density at radius 2 is 2.22 bits per heavy atom. The van der Waals surface area contributed by atoms with Crippen LogP contribution in [0.15, 0.2) is 28.3 Å². The van der Waals surface area contributed by atoms with Crippen LogP contribution in [0.2, 0.25) is 0 Å². The van der Waals surface area contributed by atoms with E-state index in [0.717, 1.165) is 19.3 Å². The lowest BCUT2D eigenvalue weighted by Gasteiger charge is -2.29. The molecule has 0 aromatic carbocycles. The lowest BCUT2D eigenvalue weighted by Crippen LogP contribution is -2.46. The number of carbonyl (C=O) groups excluding carboxylic acids is 1. The molecule has 3 N–H and O–H groups in total. The number of nitrogens with zero attached hydrogens (tertiary/aromatic N) is 2. The molecule has 2 unspecified atom stereocenters. The molecule has 128 valence electrons. The molecule has 1 saturated carbocycles. The van der Waals surface area contributed by atoms with E-state index in [0.29, 0.717) is 18.7 Å². The average molecular weight is 361 g/mol. The van der Waals surface area contributed by atoms with Gasteiger partial charge in [0.15, 0.2) is 5.84 Å². The number of nitrogens with one attached hydrogen (secondary N) is 1. The maximum Gasteiger partial charge on any atom is 0.256 e. The highest BCUT2D eigenvalue weighted by atomic mass is 35.5. The van der Waals surface area contributed by atoms with Crippen LogP contribution >= 0.6 is 12.4 Å². The van der Waals surface area contributed by atoms with Crippen molar-refractivity contribution in [1.29, 1.82) is 0 Å². The van der Waals surface area contributed by atoms with E-state index in [1.165, 1.54) is 0 Å². The number of rotatable bonds is 3. The topological polar surface area (TPSA) is 105 Å². The maximum atomic E-state index is 12.5. The summed E-state index contributed by atoms with van der Waals surface area (Å²) in [5.41, 5.74) is 6.03. The zero-order chi connectivity index (χ0) is 15.7. The van der Waals surface area contributed by atoms with Crippen molar-refractivity contribution in [2.24, 2.45) is 16.0 Å². The smallest absolute Gasteiger partial charge is 0.256 e. The summed E-state index contributed by atoms with van der Waals surface area (Å²) in [4.78, 5) is 14.2. The number of sulfonamides is 1. The number of fused-ring (bicyclic) bond motifs is 1. The van der Waals surface area contributed by atoms with Gasteiger partial charge in [0.2, 0.25) is 0 Å². The Hall–Kier alpha value is -1.38. The minimum atomic E-state index is -3.49. The summed E-state index contributed by atoms with van der Waals surface area (Å²) < 4.78 is 27.2. The zero-order valence-electron chi connectivity index (χ0n) is 12.6. The number of nitrogens with two attached hydrogens (primary N) is 1. The third-order valence-corrected chi connectivity index (χ3v) is 5.53. The summed E-state index contributed by atoms with van der Waals surface area (Å²) in [5.74, 6) is 0.189. The van der Waals surface area contributed by atoms with Gasteiger partial charge >= 0.3 is 0 Å². The van der Waals surface area contributed by atoms with E-state index in [9.17, 15) is 13.2 Å². The fraction of sp³-hybridized carbons (Fsp3) is 0.571. The van der Waals surface area contributed by atoms with Gasteiger partial charge in [-0.15, -0.1) is 16.8 Å². The van der Waals surface area contributed by atoms with Crippen LogP contribution in [0.3, 0.4) is 0 Å². The van der Waals surface area contributed by atoms with Gasteiger partial charge in [-0.1, -0.05) is 6.42 Å². The highest BCUT2D eigenvalue weighted by Crippen LogP contribution is 2.25. The minimum absolute atomic E-state index is 0. The molecular weight excluding hydrogens is 340 g/mol. The van der Waals surface area contributed by atoms with Crippen LogP contribution in [-0.4, -0.2) is 49.9 Å². The average Bonchev–Trinajstić information content (AvgIpc) is 2.92. The van der Waals surface area contributed by atoms with Gasteiger partial charge < -0.3 is 16.0 Å². The minimum Gasteiger partial charge on any atom is -0.349 e. The molecule has 0 saturated heterocycles. The number of halogens is 1. The van der Waals surface area contributed by atoms with Crippen LogP contribution in [-0.2, 0) is 14.8 Å². The van der Waals surface area contributed by atoms with Gasteiger partial charge in [-0.3, -0.25) is 4.79 Å². The zero-order valence-corrected chi connectivity index (χ0v) is 14.3. The van der Waals surface area contributed by atoms with Crippen molar-refractivity contribution in [3.8, 4) is 0 Å². The van der Waals surface area contributed by atoms with Crippen LogP contribution in [0, 0.1) is 5.92 Å². The van der Waals surface area contributed by atoms with E-state index in [-0.39, 0.29) is 41.9 Å². The second-order valence-electron chi connectivity index (χ2n) is 5.82. The molecule has 3 rings (SSSR count). The quantitative estimate of drug-likeness (QED) is 0.745. The van der Waals surface area contributed by atoms with Gasteiger partial charge in [0, 0.05) is 18.8 Å². The molecule has 1 aliphatic carbocycles. The number of allylic oxidation sites excluding steroid dienone is 2. The molecule has 23 heavy (non-hydrogen) atoms. The summed E-state index contributed by atoms with van der Waals surface area (Å²) in [7, 11) is -3.49. The van der Waals surface area contributed by atoms with Crippen LogP contribution < -0.4 is 11.1 Å². The third kappa shape index (κ3) is 3.76. The molecule has 0 aromatic rings. The SMILES string of the molecule is Cl.NCC1CCCC1NC(=O)C1=CC=CN2CCS(=O)(=O)N=C12. The fourth-order valence-corrected chi connectivity index (χ4v) is 4.13. The van der Waals surface area contributed by atoms with Crippen molar-refractivity contribution >= 4 is 34.2 Å². The number of carbonyl (C=O) groups is 1. The van der Waals surface area contributed by atoms with Crippen molar-refractivity contribution < 1.29 is 13.2 Å². The Kier molecular flexibility index (Phi) is 5.49. The summed E-state index contributed by atoms with van der Waals surface area (Å²) in [6.45, 7) is 0.864.